The van der Waals surface area contributed by atoms with Gasteiger partial charge in [-0.3, -0.25) is 9.36 Å². The Hall–Kier alpha value is -1.07. The third-order valence-corrected chi connectivity index (χ3v) is 10.8. The van der Waals surface area contributed by atoms with Gasteiger partial charge >= 0.3 is 6.03 Å². The third kappa shape index (κ3) is 2.49. The summed E-state index contributed by atoms with van der Waals surface area (Å²) in [5.41, 5.74) is 0.459. The van der Waals surface area contributed by atoms with Gasteiger partial charge in [0.2, 0.25) is 0 Å². The number of urea groups is 1. The molecule has 9 heteroatoms. The summed E-state index contributed by atoms with van der Waals surface area (Å²) in [6.07, 6.45) is 1.49. The molecular formula is C14H28N4O2Si3. The number of hydrogen-bond donors (Lipinski definition) is 0. The van der Waals surface area contributed by atoms with E-state index in [0.717, 1.165) is 0 Å². The van der Waals surface area contributed by atoms with Gasteiger partial charge in [0.1, 0.15) is 20.1 Å². The minimum absolute atomic E-state index is 0.159. The fourth-order valence-corrected chi connectivity index (χ4v) is 10.8. The number of amides is 3. The first kappa shape index (κ1) is 18.3. The summed E-state index contributed by atoms with van der Waals surface area (Å²) in [5, 5.41) is -0.845. The van der Waals surface area contributed by atoms with Gasteiger partial charge in [0.25, 0.3) is 5.91 Å². The second-order valence-electron chi connectivity index (χ2n) is 9.24. The Balaban J connectivity index is 2.78. The lowest BCUT2D eigenvalue weighted by Gasteiger charge is -2.57. The van der Waals surface area contributed by atoms with Crippen molar-refractivity contribution in [3.05, 3.63) is 0 Å². The van der Waals surface area contributed by atoms with Crippen LogP contribution in [0.15, 0.2) is 9.98 Å². The molecule has 1 unspecified atom stereocenters. The molecule has 0 aliphatic carbocycles. The molecule has 128 valence electrons. The fraction of sp³-hybridized carbons (Fsp3) is 0.714. The number of carbonyl (C=O) groups excluding carboxylic acids is 2. The standard InChI is InChI=1S/C14H28N4O2Si3/c1-21(2,3)14-11(15-10-16-14)12(19)17(22(4,5)6)13(20)18(14)23(7,8)9/h10H,1-9H3. The molecule has 0 radical (unpaired) electrons. The number of aliphatic imine (C=N–C) groups is 2. The monoisotopic (exact) mass is 368 g/mol. The maximum Gasteiger partial charge on any atom is 0.312 e. The molecule has 2 heterocycles. The Labute approximate surface area is 141 Å². The molecule has 6 nitrogen and oxygen atoms in total. The predicted octanol–water partition coefficient (Wildman–Crippen LogP) is 2.98. The van der Waals surface area contributed by atoms with Crippen LogP contribution in [0.5, 0.6) is 0 Å². The van der Waals surface area contributed by atoms with Crippen molar-refractivity contribution in [2.24, 2.45) is 9.98 Å². The van der Waals surface area contributed by atoms with Crippen LogP contribution in [-0.4, -0.2) is 63.0 Å². The average Bonchev–Trinajstić information content (AvgIpc) is 2.69. The second-order valence-corrected chi connectivity index (χ2v) is 24.0. The molecule has 1 saturated heterocycles. The van der Waals surface area contributed by atoms with Crippen molar-refractivity contribution >= 4 is 48.5 Å². The average molecular weight is 369 g/mol. The fourth-order valence-electron chi connectivity index (χ4n) is 3.37. The van der Waals surface area contributed by atoms with Crippen LogP contribution in [0.3, 0.4) is 0 Å². The summed E-state index contributed by atoms with van der Waals surface area (Å²) in [6, 6.07) is -0.159. The Morgan fingerprint density at radius 1 is 0.913 bits per heavy atom. The highest BCUT2D eigenvalue weighted by atomic mass is 28.3. The van der Waals surface area contributed by atoms with Crippen molar-refractivity contribution in [1.82, 2.24) is 9.13 Å². The van der Waals surface area contributed by atoms with Gasteiger partial charge in [-0.05, 0) is 0 Å². The van der Waals surface area contributed by atoms with Crippen molar-refractivity contribution in [3.8, 4) is 0 Å². The van der Waals surface area contributed by atoms with E-state index in [9.17, 15) is 9.59 Å². The number of hydrogen-bond acceptors (Lipinski definition) is 4. The zero-order valence-electron chi connectivity index (χ0n) is 15.7. The van der Waals surface area contributed by atoms with Crippen molar-refractivity contribution in [2.45, 2.75) is 64.2 Å². The molecule has 1 fully saturated rings. The molecule has 3 amide bonds. The molecule has 0 aromatic rings. The molecular weight excluding hydrogens is 340 g/mol. The maximum absolute atomic E-state index is 13.4. The van der Waals surface area contributed by atoms with Crippen molar-refractivity contribution in [3.63, 3.8) is 0 Å². The third-order valence-electron chi connectivity index (χ3n) is 4.26. The number of nitrogens with zero attached hydrogens (tertiary/aromatic N) is 4. The van der Waals surface area contributed by atoms with E-state index in [-0.39, 0.29) is 11.9 Å². The smallest absolute Gasteiger partial charge is 0.312 e. The maximum atomic E-state index is 13.4. The van der Waals surface area contributed by atoms with Crippen molar-refractivity contribution < 1.29 is 9.59 Å². The molecule has 0 N–H and O–H groups in total. The first-order chi connectivity index (χ1) is 10.2. The van der Waals surface area contributed by atoms with E-state index >= 15 is 0 Å². The summed E-state index contributed by atoms with van der Waals surface area (Å²) < 4.78 is 3.45. The van der Waals surface area contributed by atoms with Gasteiger partial charge in [-0.2, -0.15) is 0 Å². The molecule has 0 spiro atoms. The summed E-state index contributed by atoms with van der Waals surface area (Å²) in [4.78, 5) is 35.6. The number of carbonyl (C=O) groups is 2. The molecule has 1 atom stereocenters. The largest absolute Gasteiger partial charge is 0.327 e. The zero-order chi connectivity index (χ0) is 18.0. The van der Waals surface area contributed by atoms with Crippen LogP contribution >= 0.6 is 0 Å². The van der Waals surface area contributed by atoms with Crippen LogP contribution < -0.4 is 0 Å². The molecule has 0 saturated carbocycles. The Morgan fingerprint density at radius 3 is 1.83 bits per heavy atom. The SMILES string of the molecule is C[Si](C)(C)N1C(=O)C2=NC=NC2([Si](C)(C)C)N([Si](C)(C)C)C1=O. The zero-order valence-corrected chi connectivity index (χ0v) is 18.7. The topological polar surface area (TPSA) is 65.3 Å². The van der Waals surface area contributed by atoms with E-state index in [4.69, 9.17) is 0 Å². The molecule has 2 rings (SSSR count). The van der Waals surface area contributed by atoms with E-state index in [2.05, 4.69) is 49.3 Å². The first-order valence-corrected chi connectivity index (χ1v) is 18.4. The molecule has 0 bridgehead atoms. The molecule has 23 heavy (non-hydrogen) atoms. The highest BCUT2D eigenvalue weighted by Gasteiger charge is 2.65. The predicted molar refractivity (Wildman–Crippen MR) is 103 cm³/mol. The lowest BCUT2D eigenvalue weighted by molar-refractivity contribution is -0.119. The van der Waals surface area contributed by atoms with Crippen LogP contribution in [0.4, 0.5) is 4.79 Å². The molecule has 0 aromatic heterocycles. The van der Waals surface area contributed by atoms with Crippen LogP contribution in [0, 0.1) is 0 Å². The Bertz CT molecular complexity index is 625. The van der Waals surface area contributed by atoms with Gasteiger partial charge in [-0.1, -0.05) is 58.9 Å². The number of fused-ring (bicyclic) bond motifs is 1. The normalized spacial score (nSPS) is 25.9. The summed E-state index contributed by atoms with van der Waals surface area (Å²) >= 11 is 0. The van der Waals surface area contributed by atoms with E-state index in [1.54, 1.807) is 0 Å². The van der Waals surface area contributed by atoms with Gasteiger partial charge in [-0.15, -0.1) is 0 Å². The first-order valence-electron chi connectivity index (χ1n) is 7.96. The lowest BCUT2D eigenvalue weighted by atomic mass is 10.2. The highest BCUT2D eigenvalue weighted by Crippen LogP contribution is 2.42. The minimum Gasteiger partial charge on any atom is -0.327 e. The molecule has 0 aromatic carbocycles. The van der Waals surface area contributed by atoms with Gasteiger partial charge in [-0.25, -0.2) is 14.8 Å². The Morgan fingerprint density at radius 2 is 1.43 bits per heavy atom. The van der Waals surface area contributed by atoms with Gasteiger partial charge in [0, 0.05) is 0 Å². The number of rotatable bonds is 3. The van der Waals surface area contributed by atoms with Gasteiger partial charge < -0.3 is 4.57 Å². The van der Waals surface area contributed by atoms with Gasteiger partial charge in [0.15, 0.2) is 21.8 Å². The summed E-state index contributed by atoms with van der Waals surface area (Å²) in [6.45, 7) is 18.9. The highest BCUT2D eigenvalue weighted by molar-refractivity contribution is 6.92. The number of imide groups is 1. The van der Waals surface area contributed by atoms with E-state index in [1.807, 2.05) is 24.2 Å². The van der Waals surface area contributed by atoms with Crippen molar-refractivity contribution in [2.75, 3.05) is 0 Å². The van der Waals surface area contributed by atoms with Crippen LogP contribution in [0.25, 0.3) is 0 Å². The van der Waals surface area contributed by atoms with Crippen LogP contribution in [0.2, 0.25) is 58.9 Å². The molecule has 2 aliphatic heterocycles. The van der Waals surface area contributed by atoms with Crippen LogP contribution in [0.1, 0.15) is 0 Å². The van der Waals surface area contributed by atoms with Crippen molar-refractivity contribution in [1.29, 1.82) is 0 Å². The van der Waals surface area contributed by atoms with E-state index < -0.39 is 29.8 Å². The minimum atomic E-state index is -2.16. The quantitative estimate of drug-likeness (QED) is 0.719. The second kappa shape index (κ2) is 4.96. The summed E-state index contributed by atoms with van der Waals surface area (Å²) in [7, 11) is -6.32. The van der Waals surface area contributed by atoms with E-state index in [1.165, 1.54) is 10.9 Å². The van der Waals surface area contributed by atoms with E-state index in [0.29, 0.717) is 5.71 Å². The summed E-state index contributed by atoms with van der Waals surface area (Å²) in [5.74, 6) is -0.233. The molecule has 2 aliphatic rings. The lowest BCUT2D eigenvalue weighted by Crippen LogP contribution is -2.82. The Kier molecular flexibility index (Phi) is 3.94. The van der Waals surface area contributed by atoms with Gasteiger partial charge in [0.05, 0.1) is 0 Å². The van der Waals surface area contributed by atoms with Crippen LogP contribution in [-0.2, 0) is 4.79 Å².